The molecule has 0 radical (unpaired) electrons. The molecule has 0 bridgehead atoms. The molecule has 7 heteroatoms. The van der Waals surface area contributed by atoms with E-state index >= 15 is 0 Å². The lowest BCUT2D eigenvalue weighted by molar-refractivity contribution is 0.0693. The van der Waals surface area contributed by atoms with Gasteiger partial charge in [0.05, 0.1) is 5.69 Å². The monoisotopic (exact) mass is 386 g/mol. The Morgan fingerprint density at radius 2 is 2.05 bits per heavy atom. The molecule has 0 aliphatic heterocycles. The zero-order valence-corrected chi connectivity index (χ0v) is 12.9. The molecular formula is C12H8Br2N2O3. The van der Waals surface area contributed by atoms with Crippen LogP contribution in [0.15, 0.2) is 31.9 Å². The molecule has 0 amide bonds. The second kappa shape index (κ2) is 5.26. The van der Waals surface area contributed by atoms with Crippen molar-refractivity contribution in [2.24, 2.45) is 0 Å². The van der Waals surface area contributed by atoms with Crippen LogP contribution in [0.3, 0.4) is 0 Å². The minimum absolute atomic E-state index is 0.182. The molecule has 0 unspecified atom stereocenters. The second-order valence-corrected chi connectivity index (χ2v) is 5.57. The summed E-state index contributed by atoms with van der Waals surface area (Å²) in [5.41, 5.74) is -0.136. The summed E-state index contributed by atoms with van der Waals surface area (Å²) in [7, 11) is 0. The highest BCUT2D eigenvalue weighted by atomic mass is 79.9. The number of aromatic nitrogens is 2. The smallest absolute Gasteiger partial charge is 0.343 e. The summed E-state index contributed by atoms with van der Waals surface area (Å²) in [6, 6.07) is 5.39. The summed E-state index contributed by atoms with van der Waals surface area (Å²) < 4.78 is 1.62. The van der Waals surface area contributed by atoms with E-state index in [4.69, 9.17) is 5.11 Å². The number of nitrogens with one attached hydrogen (secondary N) is 1. The maximum atomic E-state index is 11.8. The third-order valence-corrected chi connectivity index (χ3v) is 3.65. The Morgan fingerprint density at radius 1 is 1.37 bits per heavy atom. The van der Waals surface area contributed by atoms with Crippen molar-refractivity contribution in [2.45, 2.75) is 6.92 Å². The van der Waals surface area contributed by atoms with E-state index in [1.807, 2.05) is 6.07 Å². The largest absolute Gasteiger partial charge is 0.477 e. The molecule has 0 aliphatic carbocycles. The molecule has 2 rings (SSSR count). The first-order valence-electron chi connectivity index (χ1n) is 5.20. The first-order valence-corrected chi connectivity index (χ1v) is 6.78. The molecule has 2 N–H and O–H groups in total. The van der Waals surface area contributed by atoms with Crippen molar-refractivity contribution in [3.05, 3.63) is 48.8 Å². The Balaban J connectivity index is 2.65. The molecule has 0 atom stereocenters. The van der Waals surface area contributed by atoms with Gasteiger partial charge >= 0.3 is 5.97 Å². The highest BCUT2D eigenvalue weighted by molar-refractivity contribution is 9.11. The Hall–Kier alpha value is -1.47. The number of carbonyl (C=O) groups is 1. The third-order valence-electron chi connectivity index (χ3n) is 2.50. The van der Waals surface area contributed by atoms with Crippen LogP contribution in [0.1, 0.15) is 16.1 Å². The van der Waals surface area contributed by atoms with E-state index in [1.165, 1.54) is 6.92 Å². The molecule has 0 spiro atoms. The molecule has 5 nitrogen and oxygen atoms in total. The van der Waals surface area contributed by atoms with E-state index in [2.05, 4.69) is 41.8 Å². The van der Waals surface area contributed by atoms with E-state index < -0.39 is 11.5 Å². The average molecular weight is 388 g/mol. The van der Waals surface area contributed by atoms with Gasteiger partial charge in [-0.2, -0.15) is 0 Å². The van der Waals surface area contributed by atoms with Gasteiger partial charge in [-0.15, -0.1) is 0 Å². The van der Waals surface area contributed by atoms with Crippen LogP contribution < -0.4 is 5.56 Å². The van der Waals surface area contributed by atoms with Gasteiger partial charge in [0.1, 0.15) is 11.4 Å². The predicted molar refractivity (Wildman–Crippen MR) is 77.4 cm³/mol. The summed E-state index contributed by atoms with van der Waals surface area (Å²) in [4.78, 5) is 29.3. The van der Waals surface area contributed by atoms with Crippen LogP contribution in [0, 0.1) is 6.92 Å². The second-order valence-electron chi connectivity index (χ2n) is 3.80. The fourth-order valence-corrected chi connectivity index (χ4v) is 2.88. The van der Waals surface area contributed by atoms with Crippen LogP contribution in [0.4, 0.5) is 0 Å². The summed E-state index contributed by atoms with van der Waals surface area (Å²) in [5.74, 6) is -0.959. The fourth-order valence-electron chi connectivity index (χ4n) is 1.65. The van der Waals surface area contributed by atoms with Crippen molar-refractivity contribution in [3.8, 4) is 11.4 Å². The van der Waals surface area contributed by atoms with Gasteiger partial charge in [0, 0.05) is 14.5 Å². The van der Waals surface area contributed by atoms with E-state index in [1.54, 1.807) is 12.1 Å². The summed E-state index contributed by atoms with van der Waals surface area (Å²) >= 11 is 6.70. The maximum absolute atomic E-state index is 11.8. The zero-order chi connectivity index (χ0) is 14.2. The van der Waals surface area contributed by atoms with E-state index in [0.29, 0.717) is 11.4 Å². The molecule has 0 aliphatic rings. The third kappa shape index (κ3) is 2.76. The lowest BCUT2D eigenvalue weighted by Gasteiger charge is -2.06. The van der Waals surface area contributed by atoms with Crippen LogP contribution in [0.2, 0.25) is 0 Å². The van der Waals surface area contributed by atoms with E-state index in [-0.39, 0.29) is 11.3 Å². The SMILES string of the molecule is Cc1nc(-c2ccc(Br)cc2Br)[nH]c(=O)c1C(=O)O. The van der Waals surface area contributed by atoms with Crippen LogP contribution in [-0.4, -0.2) is 21.0 Å². The Kier molecular flexibility index (Phi) is 3.86. The van der Waals surface area contributed by atoms with E-state index in [9.17, 15) is 9.59 Å². The van der Waals surface area contributed by atoms with Gasteiger partial charge in [-0.1, -0.05) is 15.9 Å². The van der Waals surface area contributed by atoms with Gasteiger partial charge in [-0.3, -0.25) is 4.79 Å². The zero-order valence-electron chi connectivity index (χ0n) is 9.70. The van der Waals surface area contributed by atoms with Gasteiger partial charge < -0.3 is 10.1 Å². The van der Waals surface area contributed by atoms with Crippen LogP contribution in [0.25, 0.3) is 11.4 Å². The lowest BCUT2D eigenvalue weighted by atomic mass is 10.2. The Morgan fingerprint density at radius 3 is 2.58 bits per heavy atom. The number of hydrogen-bond acceptors (Lipinski definition) is 3. The number of H-pyrrole nitrogens is 1. The number of aromatic carboxylic acids is 1. The number of halogens is 2. The maximum Gasteiger partial charge on any atom is 0.343 e. The number of carboxylic acid groups (broad SMARTS) is 1. The highest BCUT2D eigenvalue weighted by Gasteiger charge is 2.16. The molecule has 98 valence electrons. The molecule has 19 heavy (non-hydrogen) atoms. The minimum atomic E-state index is -1.28. The molecule has 0 saturated heterocycles. The number of aromatic amines is 1. The number of aryl methyl sites for hydroxylation is 1. The fraction of sp³-hybridized carbons (Fsp3) is 0.0833. The van der Waals surface area contributed by atoms with Crippen molar-refractivity contribution in [3.63, 3.8) is 0 Å². The number of carboxylic acids is 1. The Bertz CT molecular complexity index is 725. The van der Waals surface area contributed by atoms with Crippen molar-refractivity contribution in [2.75, 3.05) is 0 Å². The van der Waals surface area contributed by atoms with Crippen molar-refractivity contribution in [1.82, 2.24) is 9.97 Å². The minimum Gasteiger partial charge on any atom is -0.477 e. The van der Waals surface area contributed by atoms with E-state index in [0.717, 1.165) is 8.95 Å². The quantitative estimate of drug-likeness (QED) is 0.829. The number of rotatable bonds is 2. The first kappa shape index (κ1) is 14.0. The number of nitrogens with zero attached hydrogens (tertiary/aromatic N) is 1. The summed E-state index contributed by atoms with van der Waals surface area (Å²) in [5, 5.41) is 8.92. The van der Waals surface area contributed by atoms with Crippen LogP contribution >= 0.6 is 31.9 Å². The molecule has 2 aromatic rings. The van der Waals surface area contributed by atoms with Gasteiger partial charge in [0.2, 0.25) is 0 Å². The number of hydrogen-bond donors (Lipinski definition) is 2. The average Bonchev–Trinajstić information content (AvgIpc) is 2.26. The van der Waals surface area contributed by atoms with Crippen molar-refractivity contribution in [1.29, 1.82) is 0 Å². The van der Waals surface area contributed by atoms with Gasteiger partial charge in [0.15, 0.2) is 0 Å². The van der Waals surface area contributed by atoms with Crippen molar-refractivity contribution >= 4 is 37.8 Å². The molecule has 1 heterocycles. The van der Waals surface area contributed by atoms with Gasteiger partial charge in [-0.05, 0) is 41.1 Å². The van der Waals surface area contributed by atoms with Gasteiger partial charge in [-0.25, -0.2) is 9.78 Å². The normalized spacial score (nSPS) is 10.5. The standard InChI is InChI=1S/C12H8Br2N2O3/c1-5-9(12(18)19)11(17)16-10(15-5)7-3-2-6(13)4-8(7)14/h2-4H,1H3,(H,18,19)(H,15,16,17). The molecule has 1 aromatic carbocycles. The van der Waals surface area contributed by atoms with Crippen LogP contribution in [-0.2, 0) is 0 Å². The van der Waals surface area contributed by atoms with Crippen molar-refractivity contribution < 1.29 is 9.90 Å². The molecule has 0 saturated carbocycles. The highest BCUT2D eigenvalue weighted by Crippen LogP contribution is 2.28. The molecule has 0 fully saturated rings. The van der Waals surface area contributed by atoms with Gasteiger partial charge in [0.25, 0.3) is 5.56 Å². The molecular weight excluding hydrogens is 380 g/mol. The predicted octanol–water partition coefficient (Wildman–Crippen LogP) is 2.97. The summed E-state index contributed by atoms with van der Waals surface area (Å²) in [6.45, 7) is 1.49. The lowest BCUT2D eigenvalue weighted by Crippen LogP contribution is -2.21. The first-order chi connectivity index (χ1) is 8.90. The number of benzene rings is 1. The summed E-state index contributed by atoms with van der Waals surface area (Å²) in [6.07, 6.45) is 0. The molecule has 1 aromatic heterocycles. The topological polar surface area (TPSA) is 83.0 Å². The Labute approximate surface area is 125 Å². The van der Waals surface area contributed by atoms with Crippen LogP contribution in [0.5, 0.6) is 0 Å².